The van der Waals surface area contributed by atoms with E-state index in [9.17, 15) is 14.7 Å². The third-order valence-corrected chi connectivity index (χ3v) is 11.1. The van der Waals surface area contributed by atoms with E-state index in [1.54, 1.807) is 0 Å². The summed E-state index contributed by atoms with van der Waals surface area (Å²) >= 11 is 0. The Kier molecular flexibility index (Phi) is 4.22. The lowest BCUT2D eigenvalue weighted by atomic mass is 9.43. The summed E-state index contributed by atoms with van der Waals surface area (Å²) in [7, 11) is 0. The zero-order chi connectivity index (χ0) is 22.8. The van der Waals surface area contributed by atoms with Crippen molar-refractivity contribution in [1.29, 1.82) is 0 Å². The Morgan fingerprint density at radius 1 is 1.19 bits per heavy atom. The van der Waals surface area contributed by atoms with Crippen LogP contribution in [0, 0.1) is 39.9 Å². The summed E-state index contributed by atoms with van der Waals surface area (Å²) in [5.74, 6) is 0.487. The minimum atomic E-state index is -0.365. The van der Waals surface area contributed by atoms with Gasteiger partial charge in [0.2, 0.25) is 0 Å². The molecule has 0 aromatic heterocycles. The molecule has 6 rings (SSSR count). The Morgan fingerprint density at radius 2 is 1.91 bits per heavy atom. The van der Waals surface area contributed by atoms with E-state index in [0.717, 1.165) is 50.8 Å². The monoisotopic (exact) mass is 443 g/mol. The topological polar surface area (TPSA) is 76.1 Å². The third kappa shape index (κ3) is 2.15. The first-order valence-electron chi connectivity index (χ1n) is 12.6. The summed E-state index contributed by atoms with van der Waals surface area (Å²) in [6, 6.07) is 0.298. The molecule has 0 aromatic carbocycles. The van der Waals surface area contributed by atoms with Crippen molar-refractivity contribution in [3.63, 3.8) is 0 Å². The number of hydrogen-bond donors (Lipinski definition) is 1. The van der Waals surface area contributed by atoms with E-state index in [4.69, 9.17) is 9.47 Å². The second-order valence-electron chi connectivity index (χ2n) is 12.0. The zero-order valence-electron chi connectivity index (χ0n) is 19.8. The molecule has 5 saturated carbocycles. The van der Waals surface area contributed by atoms with Crippen LogP contribution in [0.1, 0.15) is 59.8 Å². The number of carbonyl (C=O) groups is 2. The highest BCUT2D eigenvalue weighted by atomic mass is 16.6. The number of rotatable bonds is 3. The Bertz CT molecular complexity index is 903. The number of ether oxygens (including phenoxy) is 2. The fourth-order valence-corrected chi connectivity index (χ4v) is 10.6. The Hall–Kier alpha value is -1.40. The molecule has 6 fully saturated rings. The van der Waals surface area contributed by atoms with Gasteiger partial charge in [0.05, 0.1) is 6.10 Å². The molecule has 176 valence electrons. The lowest BCUT2D eigenvalue weighted by Crippen LogP contribution is -2.68. The van der Waals surface area contributed by atoms with Crippen LogP contribution < -0.4 is 0 Å². The van der Waals surface area contributed by atoms with Crippen molar-refractivity contribution in [1.82, 2.24) is 4.90 Å². The SMILES string of the molecule is C=C1[C@H]2C[C@@]3([C@@H]1OC(C)=O)[C@@H](C[C@@H]2OC(C)=O)[C@@]12C4[C@@H]3C[C@@H]1[C@@](C)(CC[C@@H]2O)CN4CC. The molecule has 2 spiro atoms. The number of likely N-dealkylation sites (tertiary alicyclic amines) is 1. The van der Waals surface area contributed by atoms with Crippen LogP contribution in [0.15, 0.2) is 12.2 Å². The molecule has 32 heavy (non-hydrogen) atoms. The number of nitrogens with zero attached hydrogens (tertiary/aromatic N) is 1. The zero-order valence-corrected chi connectivity index (χ0v) is 19.8. The summed E-state index contributed by atoms with van der Waals surface area (Å²) in [5.41, 5.74) is 0.687. The Morgan fingerprint density at radius 3 is 2.56 bits per heavy atom. The van der Waals surface area contributed by atoms with Crippen LogP contribution in [0.25, 0.3) is 0 Å². The molecular formula is C26H37NO5. The van der Waals surface area contributed by atoms with Crippen LogP contribution in [-0.4, -0.2) is 59.4 Å². The van der Waals surface area contributed by atoms with Gasteiger partial charge in [-0.1, -0.05) is 20.4 Å². The predicted octanol–water partition coefficient (Wildman–Crippen LogP) is 2.93. The molecule has 11 atom stereocenters. The van der Waals surface area contributed by atoms with Crippen molar-refractivity contribution in [2.75, 3.05) is 13.1 Å². The lowest BCUT2D eigenvalue weighted by molar-refractivity contribution is -0.222. The first-order valence-corrected chi connectivity index (χ1v) is 12.6. The van der Waals surface area contributed by atoms with Gasteiger partial charge in [-0.2, -0.15) is 0 Å². The quantitative estimate of drug-likeness (QED) is 0.534. The van der Waals surface area contributed by atoms with Crippen LogP contribution in [0.5, 0.6) is 0 Å². The minimum Gasteiger partial charge on any atom is -0.462 e. The number of fused-ring (bicyclic) bond motifs is 1. The van der Waals surface area contributed by atoms with E-state index in [2.05, 4.69) is 25.3 Å². The molecule has 0 radical (unpaired) electrons. The van der Waals surface area contributed by atoms with E-state index in [0.29, 0.717) is 17.9 Å². The van der Waals surface area contributed by atoms with Gasteiger partial charge in [-0.25, -0.2) is 0 Å². The molecule has 1 N–H and O–H groups in total. The number of carbonyl (C=O) groups excluding carboxylic acids is 2. The minimum absolute atomic E-state index is 0.0253. The van der Waals surface area contributed by atoms with E-state index < -0.39 is 0 Å². The van der Waals surface area contributed by atoms with Gasteiger partial charge in [-0.15, -0.1) is 0 Å². The second kappa shape index (κ2) is 6.38. The number of aliphatic hydroxyl groups is 1. The molecule has 1 unspecified atom stereocenters. The number of hydrogen-bond acceptors (Lipinski definition) is 6. The average Bonchev–Trinajstić information content (AvgIpc) is 3.25. The van der Waals surface area contributed by atoms with E-state index in [1.807, 2.05) is 0 Å². The Labute approximate surface area is 190 Å². The van der Waals surface area contributed by atoms with Crippen LogP contribution in [0.2, 0.25) is 0 Å². The van der Waals surface area contributed by atoms with Gasteiger partial charge >= 0.3 is 11.9 Å². The summed E-state index contributed by atoms with van der Waals surface area (Å²) in [4.78, 5) is 26.9. The highest BCUT2D eigenvalue weighted by Gasteiger charge is 2.85. The molecule has 1 saturated heterocycles. The molecule has 7 bridgehead atoms. The first-order chi connectivity index (χ1) is 15.1. The normalized spacial score (nSPS) is 55.0. The molecule has 5 aliphatic carbocycles. The van der Waals surface area contributed by atoms with Gasteiger partial charge in [0.25, 0.3) is 0 Å². The summed E-state index contributed by atoms with van der Waals surface area (Å²) in [6.45, 7) is 14.1. The molecule has 0 amide bonds. The number of piperidine rings is 1. The van der Waals surface area contributed by atoms with Crippen molar-refractivity contribution in [3.8, 4) is 0 Å². The van der Waals surface area contributed by atoms with Crippen molar-refractivity contribution in [3.05, 3.63) is 12.2 Å². The van der Waals surface area contributed by atoms with Crippen LogP contribution in [-0.2, 0) is 19.1 Å². The van der Waals surface area contributed by atoms with Gasteiger partial charge in [-0.3, -0.25) is 14.5 Å². The number of esters is 2. The van der Waals surface area contributed by atoms with E-state index in [1.165, 1.54) is 13.8 Å². The number of aliphatic hydroxyl groups excluding tert-OH is 1. The fraction of sp³-hybridized carbons (Fsp3) is 0.846. The van der Waals surface area contributed by atoms with Gasteiger partial charge in [0.15, 0.2) is 0 Å². The van der Waals surface area contributed by atoms with Crippen molar-refractivity contribution in [2.45, 2.75) is 84.2 Å². The molecular weight excluding hydrogens is 406 g/mol. The fourth-order valence-electron chi connectivity index (χ4n) is 10.6. The summed E-state index contributed by atoms with van der Waals surface area (Å²) < 4.78 is 12.0. The van der Waals surface area contributed by atoms with Gasteiger partial charge in [0, 0.05) is 43.2 Å². The maximum atomic E-state index is 12.3. The van der Waals surface area contributed by atoms with E-state index in [-0.39, 0.29) is 58.3 Å². The van der Waals surface area contributed by atoms with Crippen LogP contribution >= 0.6 is 0 Å². The predicted molar refractivity (Wildman–Crippen MR) is 117 cm³/mol. The summed E-state index contributed by atoms with van der Waals surface area (Å²) in [6.07, 6.45) is 3.63. The van der Waals surface area contributed by atoms with Crippen LogP contribution in [0.4, 0.5) is 0 Å². The van der Waals surface area contributed by atoms with Crippen molar-refractivity contribution in [2.24, 2.45) is 39.9 Å². The lowest BCUT2D eigenvalue weighted by Gasteiger charge is -2.65. The van der Waals surface area contributed by atoms with Crippen molar-refractivity contribution >= 4 is 11.9 Å². The molecule has 6 nitrogen and oxygen atoms in total. The largest absolute Gasteiger partial charge is 0.462 e. The highest BCUT2D eigenvalue weighted by molar-refractivity contribution is 5.67. The summed E-state index contributed by atoms with van der Waals surface area (Å²) in [5, 5.41) is 11.8. The van der Waals surface area contributed by atoms with Crippen molar-refractivity contribution < 1.29 is 24.2 Å². The molecule has 1 heterocycles. The molecule has 6 aliphatic rings. The molecule has 6 heteroatoms. The highest BCUT2D eigenvalue weighted by Crippen LogP contribution is 2.83. The first kappa shape index (κ1) is 21.2. The van der Waals surface area contributed by atoms with Gasteiger partial charge in [0.1, 0.15) is 12.2 Å². The molecule has 1 aliphatic heterocycles. The Balaban J connectivity index is 1.56. The standard InChI is InChI=1S/C26H37NO5/c1-6-27-12-24(5)8-7-21(30)26-19(24)9-17(22(26)27)25-11-16(13(2)23(25)32-15(4)29)18(10-20(25)26)31-14(3)28/h16-23,30H,2,6-12H2,1,3-5H3/t16-,17+,18+,19-,20-,21+,22?,23-,24+,25+,26+/m1/s1. The van der Waals surface area contributed by atoms with Crippen LogP contribution in [0.3, 0.4) is 0 Å². The maximum absolute atomic E-state index is 12.3. The average molecular weight is 444 g/mol. The molecule has 0 aromatic rings. The van der Waals surface area contributed by atoms with Gasteiger partial charge < -0.3 is 14.6 Å². The smallest absolute Gasteiger partial charge is 0.303 e. The maximum Gasteiger partial charge on any atom is 0.303 e. The van der Waals surface area contributed by atoms with Gasteiger partial charge in [-0.05, 0) is 67.4 Å². The third-order valence-electron chi connectivity index (χ3n) is 11.1. The van der Waals surface area contributed by atoms with E-state index >= 15 is 0 Å². The second-order valence-corrected chi connectivity index (χ2v) is 12.0.